The molecule has 1 saturated carbocycles. The number of para-hydroxylation sites is 1. The van der Waals surface area contributed by atoms with Gasteiger partial charge in [-0.1, -0.05) is 18.2 Å². The molecule has 3 N–H and O–H groups in total. The smallest absolute Gasteiger partial charge is 0.254 e. The first-order valence-corrected chi connectivity index (χ1v) is 7.72. The van der Waals surface area contributed by atoms with E-state index in [-0.39, 0.29) is 24.4 Å². The highest BCUT2D eigenvalue weighted by molar-refractivity contribution is 5.95. The first kappa shape index (κ1) is 17.5. The molecule has 0 saturated heterocycles. The van der Waals surface area contributed by atoms with Gasteiger partial charge in [-0.2, -0.15) is 5.10 Å². The minimum Gasteiger partial charge on any atom is -0.350 e. The summed E-state index contributed by atoms with van der Waals surface area (Å²) in [6, 6.07) is 8.06. The van der Waals surface area contributed by atoms with Crippen LogP contribution in [-0.4, -0.2) is 28.3 Å². The van der Waals surface area contributed by atoms with Crippen molar-refractivity contribution in [2.45, 2.75) is 32.7 Å². The van der Waals surface area contributed by atoms with E-state index in [4.69, 9.17) is 5.73 Å². The number of nitrogens with zero attached hydrogens (tertiary/aromatic N) is 2. The standard InChI is InChI=1S/C17H22N4O.ClH/c1-11-5-3-4-6-16(11)21-12(2)14(9-20-21)17(22)19-10-15(18)13-7-8-13;/h3-6,9,13,15H,7-8,10,18H2,1-2H3,(H,19,22);1H. The van der Waals surface area contributed by atoms with Crippen LogP contribution >= 0.6 is 12.4 Å². The van der Waals surface area contributed by atoms with Gasteiger partial charge < -0.3 is 11.1 Å². The van der Waals surface area contributed by atoms with E-state index in [1.165, 1.54) is 12.8 Å². The van der Waals surface area contributed by atoms with Crippen molar-refractivity contribution in [1.82, 2.24) is 15.1 Å². The third-order valence-electron chi connectivity index (χ3n) is 4.32. The second kappa shape index (κ2) is 7.15. The highest BCUT2D eigenvalue weighted by Gasteiger charge is 2.28. The van der Waals surface area contributed by atoms with E-state index in [9.17, 15) is 4.79 Å². The van der Waals surface area contributed by atoms with E-state index in [1.54, 1.807) is 6.20 Å². The Hall–Kier alpha value is -1.85. The number of benzene rings is 1. The number of halogens is 1. The molecule has 0 spiro atoms. The number of aromatic nitrogens is 2. The van der Waals surface area contributed by atoms with E-state index in [2.05, 4.69) is 10.4 Å². The Morgan fingerprint density at radius 3 is 2.74 bits per heavy atom. The number of hydrogen-bond acceptors (Lipinski definition) is 3. The van der Waals surface area contributed by atoms with Crippen LogP contribution in [0.2, 0.25) is 0 Å². The molecule has 3 rings (SSSR count). The topological polar surface area (TPSA) is 72.9 Å². The van der Waals surface area contributed by atoms with Crippen LogP contribution < -0.4 is 11.1 Å². The van der Waals surface area contributed by atoms with Crippen LogP contribution in [0, 0.1) is 19.8 Å². The maximum absolute atomic E-state index is 12.3. The summed E-state index contributed by atoms with van der Waals surface area (Å²) in [5.74, 6) is 0.476. The number of aryl methyl sites for hydroxylation is 1. The first-order chi connectivity index (χ1) is 10.6. The number of rotatable bonds is 5. The quantitative estimate of drug-likeness (QED) is 0.881. The van der Waals surface area contributed by atoms with Crippen LogP contribution in [0.4, 0.5) is 0 Å². The van der Waals surface area contributed by atoms with Gasteiger partial charge in [-0.3, -0.25) is 4.79 Å². The molecule has 1 atom stereocenters. The van der Waals surface area contributed by atoms with E-state index in [0.717, 1.165) is 16.9 Å². The molecule has 23 heavy (non-hydrogen) atoms. The molecule has 0 aliphatic heterocycles. The monoisotopic (exact) mass is 334 g/mol. The van der Waals surface area contributed by atoms with Crippen molar-refractivity contribution in [2.24, 2.45) is 11.7 Å². The summed E-state index contributed by atoms with van der Waals surface area (Å²) < 4.78 is 1.81. The fourth-order valence-electron chi connectivity index (χ4n) is 2.67. The van der Waals surface area contributed by atoms with Crippen LogP contribution in [0.3, 0.4) is 0 Å². The third kappa shape index (κ3) is 3.74. The largest absolute Gasteiger partial charge is 0.350 e. The molecule has 1 aromatic heterocycles. The molecule has 1 aliphatic rings. The Bertz CT molecular complexity index is 694. The van der Waals surface area contributed by atoms with Crippen molar-refractivity contribution in [3.63, 3.8) is 0 Å². The molecule has 0 radical (unpaired) electrons. The zero-order chi connectivity index (χ0) is 15.7. The Kier molecular flexibility index (Phi) is 5.44. The molecular weight excluding hydrogens is 312 g/mol. The number of carbonyl (C=O) groups is 1. The lowest BCUT2D eigenvalue weighted by atomic mass is 10.1. The first-order valence-electron chi connectivity index (χ1n) is 7.72. The molecular formula is C17H23ClN4O. The van der Waals surface area contributed by atoms with Crippen molar-refractivity contribution in [2.75, 3.05) is 6.54 Å². The SMILES string of the molecule is Cc1ccccc1-n1ncc(C(=O)NCC(N)C2CC2)c1C.Cl. The van der Waals surface area contributed by atoms with Gasteiger partial charge in [0.25, 0.3) is 5.91 Å². The predicted octanol–water partition coefficient (Wildman–Crippen LogP) is 2.38. The number of hydrogen-bond donors (Lipinski definition) is 2. The van der Waals surface area contributed by atoms with Gasteiger partial charge in [-0.25, -0.2) is 4.68 Å². The second-order valence-electron chi connectivity index (χ2n) is 6.05. The van der Waals surface area contributed by atoms with Crippen molar-refractivity contribution in [3.05, 3.63) is 47.3 Å². The summed E-state index contributed by atoms with van der Waals surface area (Å²) in [6.07, 6.45) is 3.99. The second-order valence-corrected chi connectivity index (χ2v) is 6.05. The summed E-state index contributed by atoms with van der Waals surface area (Å²) >= 11 is 0. The number of amides is 1. The fraction of sp³-hybridized carbons (Fsp3) is 0.412. The van der Waals surface area contributed by atoms with Crippen LogP contribution in [0.1, 0.15) is 34.5 Å². The highest BCUT2D eigenvalue weighted by atomic mass is 35.5. The molecule has 2 aromatic rings. The Morgan fingerprint density at radius 1 is 1.39 bits per heavy atom. The molecule has 6 heteroatoms. The molecule has 1 fully saturated rings. The van der Waals surface area contributed by atoms with Gasteiger partial charge in [0.2, 0.25) is 0 Å². The predicted molar refractivity (Wildman–Crippen MR) is 93.3 cm³/mol. The number of nitrogens with one attached hydrogen (secondary N) is 1. The normalized spacial score (nSPS) is 14.9. The minimum atomic E-state index is -0.103. The molecule has 1 heterocycles. The molecule has 1 unspecified atom stereocenters. The molecule has 5 nitrogen and oxygen atoms in total. The maximum atomic E-state index is 12.3. The van der Waals surface area contributed by atoms with E-state index in [0.29, 0.717) is 18.0 Å². The number of nitrogens with two attached hydrogens (primary N) is 1. The Balaban J connectivity index is 0.00000192. The summed E-state index contributed by atoms with van der Waals surface area (Å²) in [5.41, 5.74) is 9.58. The van der Waals surface area contributed by atoms with Gasteiger partial charge in [-0.05, 0) is 44.2 Å². The van der Waals surface area contributed by atoms with Crippen LogP contribution in [-0.2, 0) is 0 Å². The van der Waals surface area contributed by atoms with Crippen molar-refractivity contribution in [1.29, 1.82) is 0 Å². The summed E-state index contributed by atoms with van der Waals surface area (Å²) in [4.78, 5) is 12.3. The van der Waals surface area contributed by atoms with Crippen LogP contribution in [0.5, 0.6) is 0 Å². The van der Waals surface area contributed by atoms with Gasteiger partial charge >= 0.3 is 0 Å². The lowest BCUT2D eigenvalue weighted by Gasteiger charge is -2.12. The summed E-state index contributed by atoms with van der Waals surface area (Å²) in [5, 5.41) is 7.29. The molecule has 1 aromatic carbocycles. The van der Waals surface area contributed by atoms with E-state index in [1.807, 2.05) is 42.8 Å². The average molecular weight is 335 g/mol. The summed E-state index contributed by atoms with van der Waals surface area (Å²) in [6.45, 7) is 4.47. The zero-order valence-electron chi connectivity index (χ0n) is 13.5. The minimum absolute atomic E-state index is 0. The van der Waals surface area contributed by atoms with Gasteiger partial charge in [0, 0.05) is 12.6 Å². The highest BCUT2D eigenvalue weighted by Crippen LogP contribution is 2.31. The van der Waals surface area contributed by atoms with Crippen molar-refractivity contribution in [3.8, 4) is 5.69 Å². The fourth-order valence-corrected chi connectivity index (χ4v) is 2.67. The molecule has 1 aliphatic carbocycles. The van der Waals surface area contributed by atoms with Crippen LogP contribution in [0.25, 0.3) is 5.69 Å². The van der Waals surface area contributed by atoms with Crippen molar-refractivity contribution < 1.29 is 4.79 Å². The number of carbonyl (C=O) groups excluding carboxylic acids is 1. The van der Waals surface area contributed by atoms with Gasteiger partial charge in [0.05, 0.1) is 23.1 Å². The van der Waals surface area contributed by atoms with Crippen LogP contribution in [0.15, 0.2) is 30.5 Å². The summed E-state index contributed by atoms with van der Waals surface area (Å²) in [7, 11) is 0. The Morgan fingerprint density at radius 2 is 2.09 bits per heavy atom. The average Bonchev–Trinajstić information content (AvgIpc) is 3.29. The molecule has 124 valence electrons. The molecule has 1 amide bonds. The van der Waals surface area contributed by atoms with E-state index >= 15 is 0 Å². The Labute approximate surface area is 142 Å². The zero-order valence-corrected chi connectivity index (χ0v) is 14.3. The molecule has 0 bridgehead atoms. The van der Waals surface area contributed by atoms with Crippen molar-refractivity contribution >= 4 is 18.3 Å². The lowest BCUT2D eigenvalue weighted by Crippen LogP contribution is -2.38. The van der Waals surface area contributed by atoms with Gasteiger partial charge in [-0.15, -0.1) is 12.4 Å². The third-order valence-corrected chi connectivity index (χ3v) is 4.32. The van der Waals surface area contributed by atoms with E-state index < -0.39 is 0 Å². The van der Waals surface area contributed by atoms with Gasteiger partial charge in [0.1, 0.15) is 0 Å². The van der Waals surface area contributed by atoms with Gasteiger partial charge in [0.15, 0.2) is 0 Å². The maximum Gasteiger partial charge on any atom is 0.254 e. The lowest BCUT2D eigenvalue weighted by molar-refractivity contribution is 0.0949.